The lowest BCUT2D eigenvalue weighted by Gasteiger charge is -2.23. The molecule has 2 N–H and O–H groups in total. The number of hydrogen-bond acceptors (Lipinski definition) is 5. The summed E-state index contributed by atoms with van der Waals surface area (Å²) in [6, 6.07) is 4.29. The zero-order chi connectivity index (χ0) is 15.1. The third kappa shape index (κ3) is 4.53. The van der Waals surface area contributed by atoms with Gasteiger partial charge in [0.2, 0.25) is 5.91 Å². The van der Waals surface area contributed by atoms with Gasteiger partial charge in [0.05, 0.1) is 5.56 Å². The van der Waals surface area contributed by atoms with E-state index in [2.05, 4.69) is 16.3 Å². The molecule has 0 aromatic carbocycles. The largest absolute Gasteiger partial charge is 0.396 e. The lowest BCUT2D eigenvalue weighted by molar-refractivity contribution is -0.116. The first-order chi connectivity index (χ1) is 10.2. The molecule has 6 heteroatoms. The zero-order valence-corrected chi connectivity index (χ0v) is 12.9. The van der Waals surface area contributed by atoms with Crippen molar-refractivity contribution >= 4 is 22.2 Å². The molecule has 1 saturated heterocycles. The summed E-state index contributed by atoms with van der Waals surface area (Å²) in [5.41, 5.74) is 0.523. The van der Waals surface area contributed by atoms with Gasteiger partial charge in [-0.3, -0.25) is 9.69 Å². The number of likely N-dealkylation sites (tertiary alicyclic amines) is 1. The van der Waals surface area contributed by atoms with E-state index in [-0.39, 0.29) is 12.5 Å². The molecule has 1 aliphatic rings. The van der Waals surface area contributed by atoms with Crippen molar-refractivity contribution in [3.8, 4) is 6.07 Å². The Morgan fingerprint density at radius 2 is 2.48 bits per heavy atom. The van der Waals surface area contributed by atoms with E-state index >= 15 is 0 Å². The summed E-state index contributed by atoms with van der Waals surface area (Å²) < 4.78 is 0. The summed E-state index contributed by atoms with van der Waals surface area (Å²) in [4.78, 5) is 14.3. The maximum atomic E-state index is 12.0. The lowest BCUT2D eigenvalue weighted by atomic mass is 10.1. The Kier molecular flexibility index (Phi) is 6.18. The number of aliphatic hydroxyl groups is 1. The van der Waals surface area contributed by atoms with Gasteiger partial charge in [0.1, 0.15) is 11.1 Å². The van der Waals surface area contributed by atoms with Crippen molar-refractivity contribution in [1.82, 2.24) is 4.90 Å². The molecule has 0 aliphatic carbocycles. The second-order valence-corrected chi connectivity index (χ2v) is 6.19. The van der Waals surface area contributed by atoms with Gasteiger partial charge in [0, 0.05) is 25.6 Å². The number of rotatable bonds is 7. The molecule has 1 atom stereocenters. The van der Waals surface area contributed by atoms with E-state index in [1.165, 1.54) is 17.8 Å². The highest BCUT2D eigenvalue weighted by Gasteiger charge is 2.24. The van der Waals surface area contributed by atoms with Crippen molar-refractivity contribution in [1.29, 1.82) is 5.26 Å². The molecule has 1 aromatic rings. The number of nitrogens with one attached hydrogen (secondary N) is 1. The molecule has 1 unspecified atom stereocenters. The van der Waals surface area contributed by atoms with Gasteiger partial charge in [-0.2, -0.15) is 5.26 Å². The second-order valence-electron chi connectivity index (χ2n) is 5.27. The highest BCUT2D eigenvalue weighted by Crippen LogP contribution is 2.23. The van der Waals surface area contributed by atoms with Crippen LogP contribution in [0, 0.1) is 11.3 Å². The summed E-state index contributed by atoms with van der Waals surface area (Å²) >= 11 is 1.38. The Labute approximate surface area is 129 Å². The molecule has 0 bridgehead atoms. The quantitative estimate of drug-likeness (QED) is 0.809. The van der Waals surface area contributed by atoms with Gasteiger partial charge in [-0.25, -0.2) is 0 Å². The standard InChI is InChI=1S/C15H21N3O2S/c16-11-12-6-10-21-15(12)17-14(20)5-8-18-7-1-3-13(18)4-2-9-19/h6,10,13,19H,1-5,7-9H2,(H,17,20). The van der Waals surface area contributed by atoms with Crippen LogP contribution in [-0.2, 0) is 4.79 Å². The van der Waals surface area contributed by atoms with Crippen molar-refractivity contribution in [2.75, 3.05) is 25.0 Å². The summed E-state index contributed by atoms with van der Waals surface area (Å²) in [7, 11) is 0. The zero-order valence-electron chi connectivity index (χ0n) is 12.0. The summed E-state index contributed by atoms with van der Waals surface area (Å²) in [5, 5.41) is 23.1. The first kappa shape index (κ1) is 16.0. The van der Waals surface area contributed by atoms with Crippen molar-refractivity contribution in [2.24, 2.45) is 0 Å². The summed E-state index contributed by atoms with van der Waals surface area (Å²) in [6.07, 6.45) is 4.60. The van der Waals surface area contributed by atoms with Crippen LogP contribution in [0.2, 0.25) is 0 Å². The number of amides is 1. The monoisotopic (exact) mass is 307 g/mol. The summed E-state index contributed by atoms with van der Waals surface area (Å²) in [6.45, 7) is 2.02. The molecule has 0 spiro atoms. The van der Waals surface area contributed by atoms with Crippen molar-refractivity contribution < 1.29 is 9.90 Å². The van der Waals surface area contributed by atoms with Gasteiger partial charge in [0.15, 0.2) is 0 Å². The molecule has 1 fully saturated rings. The van der Waals surface area contributed by atoms with E-state index in [1.807, 2.05) is 0 Å². The molecule has 21 heavy (non-hydrogen) atoms. The van der Waals surface area contributed by atoms with Crippen molar-refractivity contribution in [3.63, 3.8) is 0 Å². The molecule has 5 nitrogen and oxygen atoms in total. The Hall–Kier alpha value is -1.42. The normalized spacial score (nSPS) is 18.6. The molecular weight excluding hydrogens is 286 g/mol. The minimum Gasteiger partial charge on any atom is -0.396 e. The van der Waals surface area contributed by atoms with Gasteiger partial charge in [-0.15, -0.1) is 11.3 Å². The predicted octanol–water partition coefficient (Wildman–Crippen LogP) is 2.19. The van der Waals surface area contributed by atoms with Crippen LogP contribution in [0.4, 0.5) is 5.00 Å². The summed E-state index contributed by atoms with van der Waals surface area (Å²) in [5.74, 6) is -0.0400. The third-order valence-corrected chi connectivity index (χ3v) is 4.69. The first-order valence-corrected chi connectivity index (χ1v) is 8.25. The number of nitriles is 1. The van der Waals surface area contributed by atoms with Gasteiger partial charge in [0.25, 0.3) is 0 Å². The minimum atomic E-state index is -0.0400. The maximum absolute atomic E-state index is 12.0. The Balaban J connectivity index is 1.77. The van der Waals surface area contributed by atoms with Crippen LogP contribution in [0.3, 0.4) is 0 Å². The molecule has 1 amide bonds. The molecule has 1 aromatic heterocycles. The smallest absolute Gasteiger partial charge is 0.226 e. The van der Waals surface area contributed by atoms with Crippen molar-refractivity contribution in [2.45, 2.75) is 38.1 Å². The molecule has 0 saturated carbocycles. The number of carbonyl (C=O) groups excluding carboxylic acids is 1. The number of nitrogens with zero attached hydrogens (tertiary/aromatic N) is 2. The van der Waals surface area contributed by atoms with E-state index in [0.29, 0.717) is 23.0 Å². The van der Waals surface area contributed by atoms with Crippen LogP contribution in [0.15, 0.2) is 11.4 Å². The van der Waals surface area contributed by atoms with Crippen LogP contribution in [0.1, 0.15) is 37.7 Å². The Morgan fingerprint density at radius 1 is 1.62 bits per heavy atom. The topological polar surface area (TPSA) is 76.4 Å². The minimum absolute atomic E-state index is 0.0400. The highest BCUT2D eigenvalue weighted by molar-refractivity contribution is 7.14. The van der Waals surface area contributed by atoms with Crippen LogP contribution < -0.4 is 5.32 Å². The molecule has 2 heterocycles. The number of thiophene rings is 1. The number of aliphatic hydroxyl groups excluding tert-OH is 1. The van der Waals surface area contributed by atoms with Crippen LogP contribution in [0.5, 0.6) is 0 Å². The van der Waals surface area contributed by atoms with E-state index in [1.54, 1.807) is 11.4 Å². The lowest BCUT2D eigenvalue weighted by Crippen LogP contribution is -2.32. The van der Waals surface area contributed by atoms with Gasteiger partial charge < -0.3 is 10.4 Å². The molecule has 0 radical (unpaired) electrons. The average Bonchev–Trinajstić information content (AvgIpc) is 3.11. The number of carbonyl (C=O) groups is 1. The molecule has 1 aliphatic heterocycles. The van der Waals surface area contributed by atoms with E-state index in [9.17, 15) is 4.79 Å². The predicted molar refractivity (Wildman–Crippen MR) is 83.2 cm³/mol. The molecule has 2 rings (SSSR count). The van der Waals surface area contributed by atoms with Gasteiger partial charge >= 0.3 is 0 Å². The van der Waals surface area contributed by atoms with Crippen LogP contribution >= 0.6 is 11.3 Å². The fourth-order valence-electron chi connectivity index (χ4n) is 2.77. The second kappa shape index (κ2) is 8.13. The van der Waals surface area contributed by atoms with Gasteiger partial charge in [-0.05, 0) is 43.7 Å². The van der Waals surface area contributed by atoms with E-state index in [0.717, 1.165) is 32.4 Å². The fraction of sp³-hybridized carbons (Fsp3) is 0.600. The van der Waals surface area contributed by atoms with Gasteiger partial charge in [-0.1, -0.05) is 0 Å². The number of anilines is 1. The van der Waals surface area contributed by atoms with Crippen molar-refractivity contribution in [3.05, 3.63) is 17.0 Å². The van der Waals surface area contributed by atoms with E-state index in [4.69, 9.17) is 10.4 Å². The number of hydrogen-bond donors (Lipinski definition) is 2. The highest BCUT2D eigenvalue weighted by atomic mass is 32.1. The fourth-order valence-corrected chi connectivity index (χ4v) is 3.53. The first-order valence-electron chi connectivity index (χ1n) is 7.37. The Bertz CT molecular complexity index is 509. The molecular formula is C15H21N3O2S. The third-order valence-electron chi connectivity index (χ3n) is 3.86. The van der Waals surface area contributed by atoms with Crippen LogP contribution in [0.25, 0.3) is 0 Å². The molecule has 114 valence electrons. The SMILES string of the molecule is N#Cc1ccsc1NC(=O)CCN1CCCC1CCCO. The average molecular weight is 307 g/mol. The van der Waals surface area contributed by atoms with E-state index < -0.39 is 0 Å². The Morgan fingerprint density at radius 3 is 3.24 bits per heavy atom. The van der Waals surface area contributed by atoms with Crippen LogP contribution in [-0.4, -0.2) is 41.7 Å². The maximum Gasteiger partial charge on any atom is 0.226 e.